The maximum Gasteiger partial charge on any atom is 0.262 e. The zero-order valence-corrected chi connectivity index (χ0v) is 19.2. The molecule has 0 bridgehead atoms. The van der Waals surface area contributed by atoms with Gasteiger partial charge in [0.2, 0.25) is 17.7 Å². The number of benzene rings is 1. The first-order chi connectivity index (χ1) is 16.3. The summed E-state index contributed by atoms with van der Waals surface area (Å²) >= 11 is 0. The number of piperidine rings is 2. The Bertz CT molecular complexity index is 1080. The van der Waals surface area contributed by atoms with Crippen molar-refractivity contribution in [1.29, 1.82) is 0 Å². The van der Waals surface area contributed by atoms with E-state index in [1.54, 1.807) is 18.2 Å². The summed E-state index contributed by atoms with van der Waals surface area (Å²) in [6, 6.07) is 4.40. The van der Waals surface area contributed by atoms with Crippen LogP contribution in [0.2, 0.25) is 0 Å². The van der Waals surface area contributed by atoms with Crippen molar-refractivity contribution >= 4 is 29.5 Å². The molecule has 0 radical (unpaired) electrons. The van der Waals surface area contributed by atoms with Gasteiger partial charge in [-0.3, -0.25) is 34.2 Å². The zero-order chi connectivity index (χ0) is 24.0. The molecule has 0 aromatic heterocycles. The molecule has 10 heteroatoms. The van der Waals surface area contributed by atoms with Gasteiger partial charge in [0, 0.05) is 32.1 Å². The molecule has 34 heavy (non-hydrogen) atoms. The van der Waals surface area contributed by atoms with E-state index in [9.17, 15) is 24.0 Å². The number of fused-ring (bicyclic) bond motifs is 1. The largest absolute Gasteiger partial charge is 0.338 e. The first-order valence-corrected chi connectivity index (χ1v) is 11.9. The van der Waals surface area contributed by atoms with Gasteiger partial charge in [0.15, 0.2) is 0 Å². The van der Waals surface area contributed by atoms with Crippen LogP contribution in [0, 0.1) is 5.41 Å². The summed E-state index contributed by atoms with van der Waals surface area (Å²) in [5.41, 5.74) is 0.903. The van der Waals surface area contributed by atoms with Crippen molar-refractivity contribution in [3.8, 4) is 0 Å². The summed E-state index contributed by atoms with van der Waals surface area (Å²) in [5, 5.41) is 8.85. The summed E-state index contributed by atoms with van der Waals surface area (Å²) in [6.45, 7) is 5.58. The van der Waals surface area contributed by atoms with Crippen LogP contribution in [0.5, 0.6) is 0 Å². The minimum Gasteiger partial charge on any atom is -0.338 e. The van der Waals surface area contributed by atoms with E-state index in [1.807, 2.05) is 11.8 Å². The molecule has 3 N–H and O–H groups in total. The Kier molecular flexibility index (Phi) is 5.73. The predicted octanol–water partition coefficient (Wildman–Crippen LogP) is -0.222. The van der Waals surface area contributed by atoms with Crippen LogP contribution in [0.3, 0.4) is 0 Å². The number of nitrogens with one attached hydrogen (secondary N) is 3. The molecule has 0 spiro atoms. The predicted molar refractivity (Wildman–Crippen MR) is 121 cm³/mol. The van der Waals surface area contributed by atoms with Crippen molar-refractivity contribution in [3.63, 3.8) is 0 Å². The average molecular weight is 468 g/mol. The smallest absolute Gasteiger partial charge is 0.262 e. The molecule has 5 rings (SSSR count). The minimum atomic E-state index is -0.973. The van der Waals surface area contributed by atoms with Gasteiger partial charge >= 0.3 is 0 Å². The lowest BCUT2D eigenvalue weighted by Crippen LogP contribution is -2.67. The fourth-order valence-corrected chi connectivity index (χ4v) is 5.43. The molecule has 1 aromatic carbocycles. The van der Waals surface area contributed by atoms with Gasteiger partial charge < -0.3 is 15.5 Å². The monoisotopic (exact) mass is 467 g/mol. The maximum absolute atomic E-state index is 13.0. The number of likely N-dealkylation sites (tertiary alicyclic amines) is 1. The van der Waals surface area contributed by atoms with E-state index in [4.69, 9.17) is 0 Å². The van der Waals surface area contributed by atoms with Gasteiger partial charge in [-0.15, -0.1) is 0 Å². The highest BCUT2D eigenvalue weighted by molar-refractivity contribution is 6.23. The molecule has 5 amide bonds. The summed E-state index contributed by atoms with van der Waals surface area (Å²) in [7, 11) is 0. The molecular weight excluding hydrogens is 438 g/mol. The number of hydrogen-bond donors (Lipinski definition) is 3. The van der Waals surface area contributed by atoms with Crippen LogP contribution in [-0.4, -0.2) is 77.6 Å². The van der Waals surface area contributed by atoms with Gasteiger partial charge in [-0.1, -0.05) is 6.07 Å². The van der Waals surface area contributed by atoms with E-state index < -0.39 is 35.1 Å². The highest BCUT2D eigenvalue weighted by Crippen LogP contribution is 2.35. The van der Waals surface area contributed by atoms with E-state index in [0.29, 0.717) is 19.1 Å². The lowest BCUT2D eigenvalue weighted by atomic mass is 9.78. The quantitative estimate of drug-likeness (QED) is 0.390. The van der Waals surface area contributed by atoms with Gasteiger partial charge in [0.1, 0.15) is 6.04 Å². The average Bonchev–Trinajstić information content (AvgIpc) is 3.07. The molecule has 3 fully saturated rings. The van der Waals surface area contributed by atoms with E-state index in [-0.39, 0.29) is 29.9 Å². The van der Waals surface area contributed by atoms with E-state index in [0.717, 1.165) is 42.9 Å². The maximum atomic E-state index is 13.0. The Morgan fingerprint density at radius 3 is 2.47 bits per heavy atom. The van der Waals surface area contributed by atoms with Crippen LogP contribution < -0.4 is 16.0 Å². The summed E-state index contributed by atoms with van der Waals surface area (Å²) < 4.78 is 0. The van der Waals surface area contributed by atoms with Crippen LogP contribution in [0.15, 0.2) is 18.2 Å². The fraction of sp³-hybridized carbons (Fsp3) is 0.542. The van der Waals surface area contributed by atoms with Gasteiger partial charge in [-0.05, 0) is 57.0 Å². The van der Waals surface area contributed by atoms with Crippen LogP contribution >= 0.6 is 0 Å². The Morgan fingerprint density at radius 2 is 1.76 bits per heavy atom. The lowest BCUT2D eigenvalue weighted by Gasteiger charge is -2.51. The SMILES string of the molecule is CC1(CNCc2ccc3c(c2)C(=O)N(C2CCC(=O)NC2=O)C3=O)CN(C2CCNCC2)C1=O. The Labute approximate surface area is 197 Å². The van der Waals surface area contributed by atoms with Crippen molar-refractivity contribution in [3.05, 3.63) is 34.9 Å². The Hall–Kier alpha value is -3.11. The summed E-state index contributed by atoms with van der Waals surface area (Å²) in [5.74, 6) is -1.87. The number of carbonyl (C=O) groups excluding carboxylic acids is 5. The second kappa shape index (κ2) is 8.59. The number of carbonyl (C=O) groups is 5. The molecular formula is C24H29N5O5. The normalized spacial score (nSPS) is 27.7. The number of amides is 5. The molecule has 0 saturated carbocycles. The fourth-order valence-electron chi connectivity index (χ4n) is 5.43. The van der Waals surface area contributed by atoms with Crippen molar-refractivity contribution in [2.75, 3.05) is 26.2 Å². The van der Waals surface area contributed by atoms with Crippen molar-refractivity contribution in [2.45, 2.75) is 51.2 Å². The summed E-state index contributed by atoms with van der Waals surface area (Å²) in [6.07, 6.45) is 2.21. The summed E-state index contributed by atoms with van der Waals surface area (Å²) in [4.78, 5) is 65.2. The first kappa shape index (κ1) is 22.7. The number of β-lactam (4-membered cyclic amide) rings is 1. The van der Waals surface area contributed by atoms with Gasteiger partial charge in [0.25, 0.3) is 11.8 Å². The number of nitrogens with zero attached hydrogens (tertiary/aromatic N) is 2. The Balaban J connectivity index is 1.19. The molecule has 3 saturated heterocycles. The number of hydrogen-bond acceptors (Lipinski definition) is 7. The topological polar surface area (TPSA) is 128 Å². The molecule has 2 atom stereocenters. The minimum absolute atomic E-state index is 0.0888. The number of rotatable bonds is 6. The third-order valence-electron chi connectivity index (χ3n) is 7.39. The van der Waals surface area contributed by atoms with Gasteiger partial charge in [0.05, 0.1) is 16.5 Å². The van der Waals surface area contributed by atoms with E-state index in [2.05, 4.69) is 16.0 Å². The highest BCUT2D eigenvalue weighted by atomic mass is 16.2. The zero-order valence-electron chi connectivity index (χ0n) is 19.2. The third kappa shape index (κ3) is 3.80. The van der Waals surface area contributed by atoms with Crippen molar-refractivity contribution in [2.24, 2.45) is 5.41 Å². The van der Waals surface area contributed by atoms with Crippen molar-refractivity contribution in [1.82, 2.24) is 25.8 Å². The molecule has 0 aliphatic carbocycles. The Morgan fingerprint density at radius 1 is 1.03 bits per heavy atom. The van der Waals surface area contributed by atoms with Crippen molar-refractivity contribution < 1.29 is 24.0 Å². The van der Waals surface area contributed by atoms with E-state index >= 15 is 0 Å². The van der Waals surface area contributed by atoms with Gasteiger partial charge in [-0.25, -0.2) is 0 Å². The highest BCUT2D eigenvalue weighted by Gasteiger charge is 2.50. The van der Waals surface area contributed by atoms with Crippen LogP contribution in [0.4, 0.5) is 0 Å². The number of imide groups is 2. The molecule has 4 aliphatic heterocycles. The third-order valence-corrected chi connectivity index (χ3v) is 7.39. The second-order valence-corrected chi connectivity index (χ2v) is 9.91. The lowest BCUT2D eigenvalue weighted by molar-refractivity contribution is -0.163. The van der Waals surface area contributed by atoms with Gasteiger partial charge in [-0.2, -0.15) is 0 Å². The van der Waals surface area contributed by atoms with Crippen LogP contribution in [-0.2, 0) is 20.9 Å². The standard InChI is InChI=1S/C24H29N5O5/c1-24(13-28(23(24)34)15-6-8-25-9-7-15)12-26-11-14-2-3-16-17(10-14)22(33)29(21(16)32)18-4-5-19(30)27-20(18)31/h2-3,10,15,18,25-26H,4-9,11-13H2,1H3,(H,27,30,31). The van der Waals surface area contributed by atoms with Crippen LogP contribution in [0.25, 0.3) is 0 Å². The molecule has 4 heterocycles. The first-order valence-electron chi connectivity index (χ1n) is 11.9. The molecule has 2 unspecified atom stereocenters. The molecule has 1 aromatic rings. The molecule has 180 valence electrons. The second-order valence-electron chi connectivity index (χ2n) is 9.91. The van der Waals surface area contributed by atoms with Crippen LogP contribution in [0.1, 0.15) is 58.9 Å². The molecule has 10 nitrogen and oxygen atoms in total. The van der Waals surface area contributed by atoms with E-state index in [1.165, 1.54) is 0 Å². The molecule has 4 aliphatic rings.